The Kier molecular flexibility index (Phi) is 5.02. The Labute approximate surface area is 135 Å². The molecule has 0 aromatic heterocycles. The number of rotatable bonds is 6. The van der Waals surface area contributed by atoms with Crippen molar-refractivity contribution in [3.8, 4) is 5.75 Å². The molecule has 0 spiro atoms. The molecule has 0 amide bonds. The van der Waals surface area contributed by atoms with Crippen LogP contribution in [0.25, 0.3) is 0 Å². The summed E-state index contributed by atoms with van der Waals surface area (Å²) in [6.45, 7) is 1.76. The molecule has 0 aliphatic heterocycles. The van der Waals surface area contributed by atoms with Crippen LogP contribution < -0.4 is 10.5 Å². The summed E-state index contributed by atoms with van der Waals surface area (Å²) in [5.41, 5.74) is 6.69. The molecular formula is C16H18N3O3S. The lowest BCUT2D eigenvalue weighted by atomic mass is 10.1. The Morgan fingerprint density at radius 3 is 2.22 bits per heavy atom. The summed E-state index contributed by atoms with van der Waals surface area (Å²) in [7, 11) is -3.65. The zero-order valence-electron chi connectivity index (χ0n) is 12.6. The summed E-state index contributed by atoms with van der Waals surface area (Å²) in [5, 5.41) is 18.4. The Hall–Kier alpha value is -2.38. The molecule has 1 atom stereocenters. The minimum atomic E-state index is -3.65. The normalized spacial score (nSPS) is 12.7. The molecule has 0 aliphatic carbocycles. The molecule has 0 heterocycles. The predicted molar refractivity (Wildman–Crippen MR) is 87.5 cm³/mol. The van der Waals surface area contributed by atoms with Crippen LogP contribution in [-0.4, -0.2) is 20.3 Å². The van der Waals surface area contributed by atoms with Gasteiger partial charge in [0.25, 0.3) is 0 Å². The molecule has 0 saturated carbocycles. The molecule has 23 heavy (non-hydrogen) atoms. The zero-order chi connectivity index (χ0) is 17.0. The standard InChI is InChI=1S/C16H18N3O3S/c1-11(10-12-2-6-14(20)7-3-12)19-23(21,22)15-8-4-13(5-9-15)16(17)18/h2-9,11,19H,10H2,1H3,(H3,17,18)/t11-/m0/s1. The maximum atomic E-state index is 12.3. The molecule has 7 heteroatoms. The fourth-order valence-corrected chi connectivity index (χ4v) is 3.41. The largest absolute Gasteiger partial charge is 0.384 e. The van der Waals surface area contributed by atoms with Gasteiger partial charge in [-0.25, -0.2) is 13.1 Å². The minimum absolute atomic E-state index is 0.0763. The second-order valence-corrected chi connectivity index (χ2v) is 7.02. The Morgan fingerprint density at radius 1 is 1.13 bits per heavy atom. The summed E-state index contributed by atoms with van der Waals surface area (Å²) in [5.74, 6) is -0.190. The van der Waals surface area contributed by atoms with E-state index >= 15 is 0 Å². The molecule has 2 aromatic rings. The van der Waals surface area contributed by atoms with Crippen LogP contribution in [-0.2, 0) is 21.6 Å². The van der Waals surface area contributed by atoms with Crippen LogP contribution >= 0.6 is 0 Å². The van der Waals surface area contributed by atoms with E-state index in [-0.39, 0.29) is 22.5 Å². The second kappa shape index (κ2) is 6.80. The van der Waals surface area contributed by atoms with Gasteiger partial charge in [-0.1, -0.05) is 12.1 Å². The molecule has 0 unspecified atom stereocenters. The Bertz CT molecular complexity index is 784. The highest BCUT2D eigenvalue weighted by Gasteiger charge is 2.17. The van der Waals surface area contributed by atoms with Gasteiger partial charge in [-0.15, -0.1) is 0 Å². The van der Waals surface area contributed by atoms with E-state index in [4.69, 9.17) is 11.1 Å². The average molecular weight is 332 g/mol. The van der Waals surface area contributed by atoms with Crippen molar-refractivity contribution in [3.63, 3.8) is 0 Å². The number of amidine groups is 1. The molecule has 2 aromatic carbocycles. The van der Waals surface area contributed by atoms with Gasteiger partial charge < -0.3 is 5.73 Å². The van der Waals surface area contributed by atoms with Crippen LogP contribution in [0.1, 0.15) is 18.1 Å². The molecule has 4 N–H and O–H groups in total. The van der Waals surface area contributed by atoms with Crippen LogP contribution in [0.4, 0.5) is 0 Å². The average Bonchev–Trinajstić information content (AvgIpc) is 2.49. The van der Waals surface area contributed by atoms with Gasteiger partial charge in [0, 0.05) is 11.6 Å². The van der Waals surface area contributed by atoms with Crippen LogP contribution in [0.3, 0.4) is 0 Å². The third-order valence-electron chi connectivity index (χ3n) is 3.30. The van der Waals surface area contributed by atoms with E-state index in [0.717, 1.165) is 5.56 Å². The summed E-state index contributed by atoms with van der Waals surface area (Å²) in [6.07, 6.45) is 0.477. The lowest BCUT2D eigenvalue weighted by molar-refractivity contribution is 0.354. The van der Waals surface area contributed by atoms with Gasteiger partial charge in [0.15, 0.2) is 5.75 Å². The molecule has 121 valence electrons. The van der Waals surface area contributed by atoms with Gasteiger partial charge >= 0.3 is 0 Å². The molecular weight excluding hydrogens is 314 g/mol. The highest BCUT2D eigenvalue weighted by atomic mass is 32.2. The van der Waals surface area contributed by atoms with Crippen molar-refractivity contribution in [1.82, 2.24) is 4.72 Å². The maximum absolute atomic E-state index is 12.3. The molecule has 0 fully saturated rings. The van der Waals surface area contributed by atoms with Gasteiger partial charge in [-0.2, -0.15) is 0 Å². The van der Waals surface area contributed by atoms with E-state index in [2.05, 4.69) is 4.72 Å². The summed E-state index contributed by atoms with van der Waals surface area (Å²) in [6, 6.07) is 11.8. The van der Waals surface area contributed by atoms with Crippen molar-refractivity contribution < 1.29 is 13.5 Å². The highest BCUT2D eigenvalue weighted by Crippen LogP contribution is 2.14. The zero-order valence-corrected chi connectivity index (χ0v) is 13.4. The van der Waals surface area contributed by atoms with Crippen molar-refractivity contribution in [2.45, 2.75) is 24.3 Å². The first-order chi connectivity index (χ1) is 10.8. The number of nitrogens with two attached hydrogens (primary N) is 1. The smallest absolute Gasteiger partial charge is 0.240 e. The van der Waals surface area contributed by atoms with Crippen molar-refractivity contribution in [1.29, 1.82) is 5.41 Å². The van der Waals surface area contributed by atoms with E-state index in [9.17, 15) is 13.5 Å². The monoisotopic (exact) mass is 332 g/mol. The number of nitrogen functional groups attached to an aromatic ring is 1. The van der Waals surface area contributed by atoms with Gasteiger partial charge in [0.1, 0.15) is 5.84 Å². The Balaban J connectivity index is 2.07. The lowest BCUT2D eigenvalue weighted by Crippen LogP contribution is -2.34. The quantitative estimate of drug-likeness (QED) is 0.555. The molecule has 0 aliphatic rings. The maximum Gasteiger partial charge on any atom is 0.240 e. The summed E-state index contributed by atoms with van der Waals surface area (Å²) in [4.78, 5) is 0.115. The van der Waals surface area contributed by atoms with E-state index in [1.165, 1.54) is 36.4 Å². The van der Waals surface area contributed by atoms with Gasteiger partial charge in [0.05, 0.1) is 4.90 Å². The summed E-state index contributed by atoms with van der Waals surface area (Å²) < 4.78 is 27.2. The highest BCUT2D eigenvalue weighted by molar-refractivity contribution is 7.89. The first kappa shape index (κ1) is 17.0. The van der Waals surface area contributed by atoms with Crippen LogP contribution in [0.15, 0.2) is 53.4 Å². The molecule has 1 radical (unpaired) electrons. The number of hydrogen-bond donors (Lipinski definition) is 3. The fourth-order valence-electron chi connectivity index (χ4n) is 2.17. The van der Waals surface area contributed by atoms with E-state index in [1.807, 2.05) is 0 Å². The van der Waals surface area contributed by atoms with Crippen molar-refractivity contribution >= 4 is 15.9 Å². The first-order valence-electron chi connectivity index (χ1n) is 7.00. The topological polar surface area (TPSA) is 116 Å². The fraction of sp³-hybridized carbons (Fsp3) is 0.188. The first-order valence-corrected chi connectivity index (χ1v) is 8.49. The Morgan fingerprint density at radius 2 is 1.70 bits per heavy atom. The third kappa shape index (κ3) is 4.54. The van der Waals surface area contributed by atoms with E-state index in [0.29, 0.717) is 12.0 Å². The molecule has 0 saturated heterocycles. The van der Waals surface area contributed by atoms with Crippen molar-refractivity contribution in [2.24, 2.45) is 5.73 Å². The number of benzene rings is 2. The SMILES string of the molecule is C[C@@H](Cc1ccc([O])cc1)NS(=O)(=O)c1ccc(C(=N)N)cc1. The van der Waals surface area contributed by atoms with Gasteiger partial charge in [0.2, 0.25) is 10.0 Å². The molecule has 6 nitrogen and oxygen atoms in total. The second-order valence-electron chi connectivity index (χ2n) is 5.31. The van der Waals surface area contributed by atoms with Crippen molar-refractivity contribution in [2.75, 3.05) is 0 Å². The number of nitrogens with one attached hydrogen (secondary N) is 2. The van der Waals surface area contributed by atoms with E-state index in [1.54, 1.807) is 19.1 Å². The summed E-state index contributed by atoms with van der Waals surface area (Å²) >= 11 is 0. The molecule has 0 bridgehead atoms. The van der Waals surface area contributed by atoms with Gasteiger partial charge in [-0.3, -0.25) is 10.5 Å². The van der Waals surface area contributed by atoms with Crippen LogP contribution in [0.2, 0.25) is 0 Å². The van der Waals surface area contributed by atoms with Crippen LogP contribution in [0.5, 0.6) is 5.75 Å². The number of hydrogen-bond acceptors (Lipinski definition) is 3. The third-order valence-corrected chi connectivity index (χ3v) is 4.90. The van der Waals surface area contributed by atoms with Crippen molar-refractivity contribution in [3.05, 3.63) is 59.7 Å². The van der Waals surface area contributed by atoms with Gasteiger partial charge in [-0.05, 0) is 55.3 Å². The number of sulfonamides is 1. The lowest BCUT2D eigenvalue weighted by Gasteiger charge is -2.14. The molecule has 2 rings (SSSR count). The van der Waals surface area contributed by atoms with E-state index < -0.39 is 10.0 Å². The minimum Gasteiger partial charge on any atom is -0.384 e. The predicted octanol–water partition coefficient (Wildman–Crippen LogP) is 2.02. The van der Waals surface area contributed by atoms with Crippen LogP contribution in [0, 0.1) is 5.41 Å².